The van der Waals surface area contributed by atoms with Gasteiger partial charge in [-0.05, 0) is 48.8 Å². The first-order valence-electron chi connectivity index (χ1n) is 11.4. The van der Waals surface area contributed by atoms with Gasteiger partial charge in [-0.1, -0.05) is 26.5 Å². The third-order valence-corrected chi connectivity index (χ3v) is 6.55. The molecule has 2 aliphatic rings. The van der Waals surface area contributed by atoms with Crippen molar-refractivity contribution in [1.29, 1.82) is 5.41 Å². The predicted octanol–water partition coefficient (Wildman–Crippen LogP) is 2.76. The molecule has 0 saturated heterocycles. The van der Waals surface area contributed by atoms with Crippen molar-refractivity contribution in [3.8, 4) is 0 Å². The van der Waals surface area contributed by atoms with E-state index in [2.05, 4.69) is 11.3 Å². The average molecular weight is 497 g/mol. The molecule has 0 bridgehead atoms. The van der Waals surface area contributed by atoms with E-state index in [1.54, 1.807) is 30.2 Å². The van der Waals surface area contributed by atoms with Crippen LogP contribution in [0, 0.1) is 5.41 Å². The minimum absolute atomic E-state index is 0.168. The number of aryl methyl sites for hydroxylation is 1. The van der Waals surface area contributed by atoms with Crippen LogP contribution in [0.3, 0.4) is 0 Å². The highest BCUT2D eigenvalue weighted by atomic mass is 32.2. The van der Waals surface area contributed by atoms with Gasteiger partial charge in [-0.3, -0.25) is 9.52 Å². The number of rotatable bonds is 6. The van der Waals surface area contributed by atoms with Crippen LogP contribution in [0.15, 0.2) is 54.3 Å². The van der Waals surface area contributed by atoms with Crippen LogP contribution >= 0.6 is 0 Å². The molecule has 35 heavy (non-hydrogen) atoms. The fraction of sp³-hybridized carbons (Fsp3) is 0.308. The highest BCUT2D eigenvalue weighted by Crippen LogP contribution is 2.26. The zero-order valence-corrected chi connectivity index (χ0v) is 21.6. The van der Waals surface area contributed by atoms with E-state index in [-0.39, 0.29) is 5.91 Å². The van der Waals surface area contributed by atoms with Gasteiger partial charge in [0.2, 0.25) is 10.0 Å². The Morgan fingerprint density at radius 2 is 2.00 bits per heavy atom. The lowest BCUT2D eigenvalue weighted by atomic mass is 10.1. The molecule has 1 aromatic carbocycles. The fourth-order valence-corrected chi connectivity index (χ4v) is 5.11. The molecule has 9 heteroatoms. The Kier molecular flexibility index (Phi) is 7.70. The van der Waals surface area contributed by atoms with E-state index in [9.17, 15) is 13.2 Å². The number of nitrogens with one attached hydrogen (secondary N) is 2. The Hall–Kier alpha value is -3.59. The summed E-state index contributed by atoms with van der Waals surface area (Å²) in [6.07, 6.45) is 8.70. The lowest BCUT2D eigenvalue weighted by molar-refractivity contribution is -0.122. The molecule has 0 radical (unpaired) electrons. The predicted molar refractivity (Wildman–Crippen MR) is 142 cm³/mol. The second-order valence-electron chi connectivity index (χ2n) is 8.01. The highest BCUT2D eigenvalue weighted by molar-refractivity contribution is 7.92. The summed E-state index contributed by atoms with van der Waals surface area (Å²) in [5, 5.41) is 9.86. The number of carbonyl (C=O) groups is 1. The van der Waals surface area contributed by atoms with E-state index in [0.717, 1.165) is 28.1 Å². The maximum Gasteiger partial charge on any atom is 0.255 e. The average Bonchev–Trinajstić information content (AvgIpc) is 3.30. The molecule has 8 nitrogen and oxygen atoms in total. The maximum absolute atomic E-state index is 13.8. The molecule has 186 valence electrons. The smallest absolute Gasteiger partial charge is 0.255 e. The molecule has 1 amide bonds. The molecule has 0 atom stereocenters. The summed E-state index contributed by atoms with van der Waals surface area (Å²) in [4.78, 5) is 15.5. The number of allylic oxidation sites excluding steroid dienone is 2. The number of hydrogen-bond acceptors (Lipinski definition) is 5. The molecule has 2 heterocycles. The number of nitrogens with zero attached hydrogens (tertiary/aromatic N) is 2. The van der Waals surface area contributed by atoms with Crippen molar-refractivity contribution >= 4 is 50.1 Å². The molecule has 0 fully saturated rings. The normalized spacial score (nSPS) is 15.4. The first kappa shape index (κ1) is 26.0. The number of sulfonamides is 1. The second-order valence-corrected chi connectivity index (χ2v) is 9.76. The van der Waals surface area contributed by atoms with Crippen LogP contribution in [-0.2, 0) is 26.6 Å². The van der Waals surface area contributed by atoms with Gasteiger partial charge >= 0.3 is 0 Å². The second kappa shape index (κ2) is 10.4. The molecule has 0 saturated carbocycles. The Labute approximate surface area is 206 Å². The minimum atomic E-state index is -3.47. The van der Waals surface area contributed by atoms with Gasteiger partial charge in [0.1, 0.15) is 5.76 Å². The van der Waals surface area contributed by atoms with Crippen LogP contribution in [0.25, 0.3) is 22.2 Å². The molecule has 1 aliphatic heterocycles. The van der Waals surface area contributed by atoms with E-state index in [1.165, 1.54) is 6.21 Å². The minimum Gasteiger partial charge on any atom is -0.495 e. The number of fused-ring (bicyclic) bond motifs is 3. The molecular weight excluding hydrogens is 464 g/mol. The van der Waals surface area contributed by atoms with E-state index < -0.39 is 10.0 Å². The number of ether oxygens (including phenoxy) is 1. The number of anilines is 1. The largest absolute Gasteiger partial charge is 0.495 e. The van der Waals surface area contributed by atoms with Gasteiger partial charge in [-0.2, -0.15) is 0 Å². The number of carbonyl (C=O) groups excluding carboxylic acids is 1. The quantitative estimate of drug-likeness (QED) is 0.600. The van der Waals surface area contributed by atoms with Crippen molar-refractivity contribution in [3.63, 3.8) is 0 Å². The van der Waals surface area contributed by atoms with E-state index in [0.29, 0.717) is 47.3 Å². The zero-order chi connectivity index (χ0) is 25.9. The highest BCUT2D eigenvalue weighted by Gasteiger charge is 2.29. The number of aromatic nitrogens is 1. The summed E-state index contributed by atoms with van der Waals surface area (Å²) in [5.41, 5.74) is 3.24. The van der Waals surface area contributed by atoms with E-state index in [1.807, 2.05) is 43.7 Å². The summed E-state index contributed by atoms with van der Waals surface area (Å²) in [5.74, 6) is 0.448. The van der Waals surface area contributed by atoms with Gasteiger partial charge in [-0.15, -0.1) is 0 Å². The van der Waals surface area contributed by atoms with E-state index >= 15 is 0 Å². The Bertz CT molecular complexity index is 1490. The number of hydrogen-bond donors (Lipinski definition) is 2. The van der Waals surface area contributed by atoms with Crippen molar-refractivity contribution < 1.29 is 17.9 Å². The van der Waals surface area contributed by atoms with Crippen LogP contribution in [0.1, 0.15) is 26.7 Å². The third kappa shape index (κ3) is 4.81. The van der Waals surface area contributed by atoms with Crippen molar-refractivity contribution in [3.05, 3.63) is 64.8 Å². The van der Waals surface area contributed by atoms with Crippen LogP contribution in [-0.4, -0.2) is 49.9 Å². The molecular formula is C26H32N4O4S. The topological polar surface area (TPSA) is 104 Å². The summed E-state index contributed by atoms with van der Waals surface area (Å²) in [6, 6.07) is 5.27. The van der Waals surface area contributed by atoms with Gasteiger partial charge in [-0.25, -0.2) is 8.42 Å². The Balaban J connectivity index is 0.00000167. The zero-order valence-electron chi connectivity index (χ0n) is 20.8. The molecule has 2 N–H and O–H groups in total. The summed E-state index contributed by atoms with van der Waals surface area (Å²) in [7, 11) is 0.0103. The van der Waals surface area contributed by atoms with Crippen LogP contribution in [0.4, 0.5) is 5.69 Å². The lowest BCUT2D eigenvalue weighted by Gasteiger charge is -2.19. The first-order valence-corrected chi connectivity index (χ1v) is 13.3. The monoisotopic (exact) mass is 496 g/mol. The Morgan fingerprint density at radius 1 is 1.29 bits per heavy atom. The fourth-order valence-electron chi connectivity index (χ4n) is 4.56. The lowest BCUT2D eigenvalue weighted by Crippen LogP contribution is -2.37. The van der Waals surface area contributed by atoms with Crippen LogP contribution in [0.5, 0.6) is 0 Å². The van der Waals surface area contributed by atoms with Gasteiger partial charge in [0.15, 0.2) is 0 Å². The summed E-state index contributed by atoms with van der Waals surface area (Å²) >= 11 is 0. The van der Waals surface area contributed by atoms with Gasteiger partial charge < -0.3 is 19.6 Å². The van der Waals surface area contributed by atoms with Gasteiger partial charge in [0.05, 0.1) is 18.7 Å². The van der Waals surface area contributed by atoms with Crippen molar-refractivity contribution in [2.45, 2.75) is 26.7 Å². The molecule has 1 aliphatic carbocycles. The number of benzene rings is 1. The number of methoxy groups -OCH3 is 1. The van der Waals surface area contributed by atoms with Crippen molar-refractivity contribution in [2.24, 2.45) is 7.05 Å². The van der Waals surface area contributed by atoms with Crippen LogP contribution in [0.2, 0.25) is 0 Å². The molecule has 2 aromatic rings. The third-order valence-electron chi connectivity index (χ3n) is 5.94. The standard InChI is InChI=1S/C24H26N4O4S.C2H6/c1-5-19-15(14-25)11-12-28(19)24(29)17-7-6-8-21(32-3)23-22(17)18-13-16(26-33(4,30)31)9-10-20(18)27(23)2;1-2/h5-6,8-10,13-14,25-26H,1,7,11-12H2,2-4H3;1-2H3. The van der Waals surface area contributed by atoms with Crippen LogP contribution < -0.4 is 15.3 Å². The molecule has 0 spiro atoms. The van der Waals surface area contributed by atoms with Gasteiger partial charge in [0, 0.05) is 52.9 Å². The van der Waals surface area contributed by atoms with Gasteiger partial charge in [0.25, 0.3) is 5.91 Å². The number of amides is 1. The van der Waals surface area contributed by atoms with E-state index in [4.69, 9.17) is 10.1 Å². The summed E-state index contributed by atoms with van der Waals surface area (Å²) in [6.45, 7) is 8.31. The molecule has 4 rings (SSSR count). The van der Waals surface area contributed by atoms with Crippen molar-refractivity contribution in [2.75, 3.05) is 24.6 Å². The SMILES string of the molecule is C=CC1=C(C=N)CCN1C(=O)C1=c2c(n(C)c3ccc(NS(C)(=O)=O)cc23)=C(OC)C=CC1.CC. The Morgan fingerprint density at radius 3 is 2.60 bits per heavy atom. The first-order chi connectivity index (χ1) is 16.7. The molecule has 1 aromatic heterocycles. The summed E-state index contributed by atoms with van der Waals surface area (Å²) < 4.78 is 33.7. The molecule has 0 unspecified atom stereocenters. The van der Waals surface area contributed by atoms with Crippen molar-refractivity contribution in [1.82, 2.24) is 9.47 Å². The maximum atomic E-state index is 13.8.